The van der Waals surface area contributed by atoms with Gasteiger partial charge in [0.1, 0.15) is 6.04 Å². The molecule has 0 aliphatic carbocycles. The van der Waals surface area contributed by atoms with Crippen LogP contribution in [0.2, 0.25) is 0 Å². The third kappa shape index (κ3) is 3.08. The Hall–Kier alpha value is -0.290. The molecule has 1 aliphatic heterocycles. The SMILES string of the molecule is CCC1CCN(C(C(C)N)C(F)(F)F)C1. The maximum Gasteiger partial charge on any atom is 0.405 e. The summed E-state index contributed by atoms with van der Waals surface area (Å²) in [5, 5.41) is 0. The normalized spacial score (nSPS) is 28.0. The lowest BCUT2D eigenvalue weighted by atomic mass is 10.1. The van der Waals surface area contributed by atoms with Crippen molar-refractivity contribution in [2.45, 2.75) is 44.9 Å². The van der Waals surface area contributed by atoms with Crippen LogP contribution in [-0.4, -0.2) is 36.2 Å². The Morgan fingerprint density at radius 2 is 2.07 bits per heavy atom. The van der Waals surface area contributed by atoms with Crippen LogP contribution in [0.25, 0.3) is 0 Å². The van der Waals surface area contributed by atoms with Crippen LogP contribution in [0, 0.1) is 5.92 Å². The predicted octanol–water partition coefficient (Wildman–Crippen LogP) is 2.00. The predicted molar refractivity (Wildman–Crippen MR) is 53.5 cm³/mol. The van der Waals surface area contributed by atoms with Gasteiger partial charge in [-0.15, -0.1) is 0 Å². The molecule has 3 atom stereocenters. The fourth-order valence-electron chi connectivity index (χ4n) is 2.29. The largest absolute Gasteiger partial charge is 0.405 e. The van der Waals surface area contributed by atoms with E-state index >= 15 is 0 Å². The highest BCUT2D eigenvalue weighted by molar-refractivity contribution is 4.89. The monoisotopic (exact) mass is 224 g/mol. The molecule has 15 heavy (non-hydrogen) atoms. The third-order valence-electron chi connectivity index (χ3n) is 3.12. The van der Waals surface area contributed by atoms with E-state index in [4.69, 9.17) is 5.73 Å². The first-order chi connectivity index (χ1) is 6.86. The number of rotatable bonds is 3. The summed E-state index contributed by atoms with van der Waals surface area (Å²) < 4.78 is 38.2. The van der Waals surface area contributed by atoms with E-state index in [2.05, 4.69) is 0 Å². The van der Waals surface area contributed by atoms with Crippen molar-refractivity contribution >= 4 is 0 Å². The van der Waals surface area contributed by atoms with Crippen LogP contribution >= 0.6 is 0 Å². The first-order valence-electron chi connectivity index (χ1n) is 5.42. The molecule has 3 unspecified atom stereocenters. The van der Waals surface area contributed by atoms with Crippen molar-refractivity contribution in [2.24, 2.45) is 11.7 Å². The molecule has 0 radical (unpaired) electrons. The van der Waals surface area contributed by atoms with Crippen molar-refractivity contribution < 1.29 is 13.2 Å². The first kappa shape index (κ1) is 12.8. The van der Waals surface area contributed by atoms with E-state index in [1.54, 1.807) is 0 Å². The van der Waals surface area contributed by atoms with Gasteiger partial charge in [0.05, 0.1) is 0 Å². The van der Waals surface area contributed by atoms with E-state index in [1.165, 1.54) is 11.8 Å². The van der Waals surface area contributed by atoms with Gasteiger partial charge in [-0.2, -0.15) is 13.2 Å². The van der Waals surface area contributed by atoms with Crippen molar-refractivity contribution in [1.29, 1.82) is 0 Å². The van der Waals surface area contributed by atoms with Crippen LogP contribution < -0.4 is 5.73 Å². The van der Waals surface area contributed by atoms with Crippen molar-refractivity contribution in [3.63, 3.8) is 0 Å². The second kappa shape index (κ2) is 4.70. The highest BCUT2D eigenvalue weighted by Crippen LogP contribution is 2.31. The molecule has 0 aromatic heterocycles. The molecule has 1 rings (SSSR count). The minimum Gasteiger partial charge on any atom is -0.326 e. The second-order valence-electron chi connectivity index (χ2n) is 4.40. The lowest BCUT2D eigenvalue weighted by molar-refractivity contribution is -0.185. The van der Waals surface area contributed by atoms with Gasteiger partial charge in [-0.25, -0.2) is 0 Å². The van der Waals surface area contributed by atoms with Gasteiger partial charge < -0.3 is 5.73 Å². The number of hydrogen-bond donors (Lipinski definition) is 1. The Balaban J connectivity index is 2.66. The molecule has 1 fully saturated rings. The van der Waals surface area contributed by atoms with Crippen molar-refractivity contribution in [3.05, 3.63) is 0 Å². The maximum absolute atomic E-state index is 12.7. The Morgan fingerprint density at radius 3 is 2.40 bits per heavy atom. The molecule has 0 aromatic carbocycles. The highest BCUT2D eigenvalue weighted by Gasteiger charge is 2.47. The summed E-state index contributed by atoms with van der Waals surface area (Å²) in [6.07, 6.45) is -2.41. The quantitative estimate of drug-likeness (QED) is 0.794. The van der Waals surface area contributed by atoms with Crippen LogP contribution in [0.1, 0.15) is 26.7 Å². The summed E-state index contributed by atoms with van der Waals surface area (Å²) in [7, 11) is 0. The van der Waals surface area contributed by atoms with Crippen LogP contribution in [0.3, 0.4) is 0 Å². The summed E-state index contributed by atoms with van der Waals surface area (Å²) in [5.74, 6) is 0.397. The van der Waals surface area contributed by atoms with E-state index in [1.807, 2.05) is 6.92 Å². The van der Waals surface area contributed by atoms with Gasteiger partial charge in [0, 0.05) is 12.6 Å². The number of nitrogens with two attached hydrogens (primary N) is 1. The first-order valence-corrected chi connectivity index (χ1v) is 5.42. The lowest BCUT2D eigenvalue weighted by Crippen LogP contribution is -2.54. The summed E-state index contributed by atoms with van der Waals surface area (Å²) in [6.45, 7) is 4.49. The van der Waals surface area contributed by atoms with E-state index in [-0.39, 0.29) is 0 Å². The Morgan fingerprint density at radius 1 is 1.47 bits per heavy atom. The molecule has 0 spiro atoms. The number of halogens is 3. The minimum absolute atomic E-state index is 0.397. The molecule has 1 heterocycles. The number of hydrogen-bond acceptors (Lipinski definition) is 2. The second-order valence-corrected chi connectivity index (χ2v) is 4.40. The smallest absolute Gasteiger partial charge is 0.326 e. The van der Waals surface area contributed by atoms with Gasteiger partial charge in [0.25, 0.3) is 0 Å². The molecular formula is C10H19F3N2. The minimum atomic E-state index is -4.21. The van der Waals surface area contributed by atoms with Crippen LogP contribution in [0.5, 0.6) is 0 Å². The molecule has 5 heteroatoms. The van der Waals surface area contributed by atoms with E-state index < -0.39 is 18.3 Å². The molecule has 90 valence electrons. The molecular weight excluding hydrogens is 205 g/mol. The molecule has 2 nitrogen and oxygen atoms in total. The Labute approximate surface area is 88.6 Å². The summed E-state index contributed by atoms with van der Waals surface area (Å²) in [5.41, 5.74) is 5.43. The molecule has 0 aromatic rings. The van der Waals surface area contributed by atoms with Gasteiger partial charge in [-0.1, -0.05) is 13.3 Å². The van der Waals surface area contributed by atoms with Crippen molar-refractivity contribution in [3.8, 4) is 0 Å². The lowest BCUT2D eigenvalue weighted by Gasteiger charge is -2.32. The Kier molecular flexibility index (Phi) is 4.00. The maximum atomic E-state index is 12.7. The Bertz CT molecular complexity index is 203. The van der Waals surface area contributed by atoms with Gasteiger partial charge in [0.2, 0.25) is 0 Å². The van der Waals surface area contributed by atoms with Crippen LogP contribution in [0.15, 0.2) is 0 Å². The number of nitrogens with zero attached hydrogens (tertiary/aromatic N) is 1. The van der Waals surface area contributed by atoms with E-state index in [0.29, 0.717) is 19.0 Å². The molecule has 0 saturated carbocycles. The topological polar surface area (TPSA) is 29.3 Å². The zero-order valence-electron chi connectivity index (χ0n) is 9.22. The van der Waals surface area contributed by atoms with Crippen LogP contribution in [-0.2, 0) is 0 Å². The summed E-state index contributed by atoms with van der Waals surface area (Å²) in [4.78, 5) is 1.48. The highest BCUT2D eigenvalue weighted by atomic mass is 19.4. The van der Waals surface area contributed by atoms with Gasteiger partial charge in [-0.3, -0.25) is 4.90 Å². The third-order valence-corrected chi connectivity index (χ3v) is 3.12. The van der Waals surface area contributed by atoms with Crippen molar-refractivity contribution in [2.75, 3.05) is 13.1 Å². The van der Waals surface area contributed by atoms with E-state index in [9.17, 15) is 13.2 Å². The molecule has 2 N–H and O–H groups in total. The number of alkyl halides is 3. The fraction of sp³-hybridized carbons (Fsp3) is 1.00. The zero-order chi connectivity index (χ0) is 11.6. The average Bonchev–Trinajstić information content (AvgIpc) is 2.49. The number of likely N-dealkylation sites (tertiary alicyclic amines) is 1. The van der Waals surface area contributed by atoms with Crippen molar-refractivity contribution in [1.82, 2.24) is 4.90 Å². The zero-order valence-corrected chi connectivity index (χ0v) is 9.22. The molecule has 0 bridgehead atoms. The summed E-state index contributed by atoms with van der Waals surface area (Å²) in [6, 6.07) is -2.34. The molecule has 1 saturated heterocycles. The van der Waals surface area contributed by atoms with Gasteiger partial charge in [-0.05, 0) is 25.8 Å². The molecule has 0 amide bonds. The molecule has 1 aliphatic rings. The average molecular weight is 224 g/mol. The van der Waals surface area contributed by atoms with Gasteiger partial charge >= 0.3 is 6.18 Å². The van der Waals surface area contributed by atoms with E-state index in [0.717, 1.165) is 12.8 Å². The standard InChI is InChI=1S/C10H19F3N2/c1-3-8-4-5-15(6-8)9(7(2)14)10(11,12)13/h7-9H,3-6,14H2,1-2H3. The van der Waals surface area contributed by atoms with Gasteiger partial charge in [0.15, 0.2) is 0 Å². The van der Waals surface area contributed by atoms with Crippen LogP contribution in [0.4, 0.5) is 13.2 Å². The fourth-order valence-corrected chi connectivity index (χ4v) is 2.29. The summed E-state index contributed by atoms with van der Waals surface area (Å²) >= 11 is 0.